The molecule has 0 amide bonds. The first kappa shape index (κ1) is 12.0. The van der Waals surface area contributed by atoms with Gasteiger partial charge in [-0.15, -0.1) is 0 Å². The number of nitrogens with one attached hydrogen (secondary N) is 1. The fraction of sp³-hybridized carbons (Fsp3) is 0.0714. The van der Waals surface area contributed by atoms with Crippen molar-refractivity contribution < 1.29 is 4.74 Å². The van der Waals surface area contributed by atoms with Crippen molar-refractivity contribution in [1.82, 2.24) is 9.97 Å². The molecule has 1 heterocycles. The van der Waals surface area contributed by atoms with Gasteiger partial charge in [0.15, 0.2) is 0 Å². The van der Waals surface area contributed by atoms with Gasteiger partial charge in [-0.25, -0.2) is 4.98 Å². The van der Waals surface area contributed by atoms with Gasteiger partial charge in [0.25, 0.3) is 0 Å². The van der Waals surface area contributed by atoms with E-state index in [4.69, 9.17) is 10.5 Å². The number of aromatic amines is 1. The van der Waals surface area contributed by atoms with E-state index in [1.54, 1.807) is 13.2 Å². The van der Waals surface area contributed by atoms with E-state index in [2.05, 4.69) is 25.9 Å². The minimum absolute atomic E-state index is 0.637. The monoisotopic (exact) mass is 317 g/mol. The first-order chi connectivity index (χ1) is 9.17. The summed E-state index contributed by atoms with van der Waals surface area (Å²) in [7, 11) is 1.62. The number of nitrogen functional groups attached to an aromatic ring is 1. The molecule has 0 aliphatic heterocycles. The van der Waals surface area contributed by atoms with E-state index in [1.807, 2.05) is 30.3 Å². The molecule has 2 aromatic carbocycles. The quantitative estimate of drug-likeness (QED) is 0.710. The number of benzene rings is 2. The van der Waals surface area contributed by atoms with Gasteiger partial charge in [-0.05, 0) is 30.3 Å². The van der Waals surface area contributed by atoms with Crippen LogP contribution >= 0.6 is 15.9 Å². The number of hydrogen-bond donors (Lipinski definition) is 2. The maximum absolute atomic E-state index is 6.03. The van der Waals surface area contributed by atoms with Gasteiger partial charge in [0.1, 0.15) is 11.6 Å². The molecule has 0 spiro atoms. The van der Waals surface area contributed by atoms with Crippen LogP contribution in [0.1, 0.15) is 0 Å². The van der Waals surface area contributed by atoms with Gasteiger partial charge in [-0.2, -0.15) is 0 Å². The van der Waals surface area contributed by atoms with Crippen molar-refractivity contribution in [2.45, 2.75) is 0 Å². The SMILES string of the molecule is COc1ccc(-c2nc3ccc(Br)cc3[nH]2)c(N)c1. The van der Waals surface area contributed by atoms with Gasteiger partial charge in [-0.3, -0.25) is 0 Å². The predicted molar refractivity (Wildman–Crippen MR) is 80.2 cm³/mol. The standard InChI is InChI=1S/C14H12BrN3O/c1-19-9-3-4-10(11(16)7-9)14-17-12-5-2-8(15)6-13(12)18-14/h2-7H,16H2,1H3,(H,17,18). The minimum Gasteiger partial charge on any atom is -0.497 e. The molecule has 19 heavy (non-hydrogen) atoms. The average Bonchev–Trinajstić information content (AvgIpc) is 2.81. The first-order valence-electron chi connectivity index (χ1n) is 5.76. The van der Waals surface area contributed by atoms with E-state index in [9.17, 15) is 0 Å². The molecular weight excluding hydrogens is 306 g/mol. The highest BCUT2D eigenvalue weighted by Crippen LogP contribution is 2.29. The molecule has 0 radical (unpaired) electrons. The maximum atomic E-state index is 6.03. The largest absolute Gasteiger partial charge is 0.497 e. The van der Waals surface area contributed by atoms with Gasteiger partial charge >= 0.3 is 0 Å². The summed E-state index contributed by atoms with van der Waals surface area (Å²) in [5.74, 6) is 1.49. The third kappa shape index (κ3) is 2.17. The summed E-state index contributed by atoms with van der Waals surface area (Å²) < 4.78 is 6.16. The maximum Gasteiger partial charge on any atom is 0.140 e. The average molecular weight is 318 g/mol. The first-order valence-corrected chi connectivity index (χ1v) is 6.56. The number of nitrogens with zero attached hydrogens (tertiary/aromatic N) is 1. The van der Waals surface area contributed by atoms with Crippen molar-refractivity contribution in [1.29, 1.82) is 0 Å². The van der Waals surface area contributed by atoms with Crippen molar-refractivity contribution in [3.63, 3.8) is 0 Å². The Morgan fingerprint density at radius 1 is 1.21 bits per heavy atom. The topological polar surface area (TPSA) is 63.9 Å². The number of ether oxygens (including phenoxy) is 1. The van der Waals surface area contributed by atoms with Crippen LogP contribution in [0.3, 0.4) is 0 Å². The van der Waals surface area contributed by atoms with Gasteiger partial charge in [-0.1, -0.05) is 15.9 Å². The van der Waals surface area contributed by atoms with Gasteiger partial charge in [0.2, 0.25) is 0 Å². The number of H-pyrrole nitrogens is 1. The fourth-order valence-corrected chi connectivity index (χ4v) is 2.35. The molecule has 0 bridgehead atoms. The third-order valence-corrected chi connectivity index (χ3v) is 3.45. The lowest BCUT2D eigenvalue weighted by Gasteiger charge is -2.05. The smallest absolute Gasteiger partial charge is 0.140 e. The third-order valence-electron chi connectivity index (χ3n) is 2.96. The second-order valence-electron chi connectivity index (χ2n) is 4.20. The van der Waals surface area contributed by atoms with Crippen LogP contribution in [0.2, 0.25) is 0 Å². The number of methoxy groups -OCH3 is 1. The number of rotatable bonds is 2. The lowest BCUT2D eigenvalue weighted by Crippen LogP contribution is -1.93. The molecule has 4 nitrogen and oxygen atoms in total. The zero-order valence-electron chi connectivity index (χ0n) is 10.3. The lowest BCUT2D eigenvalue weighted by atomic mass is 10.1. The molecule has 0 saturated carbocycles. The Kier molecular flexibility index (Phi) is 2.91. The van der Waals surface area contributed by atoms with Crippen LogP contribution < -0.4 is 10.5 Å². The Morgan fingerprint density at radius 3 is 2.79 bits per heavy atom. The van der Waals surface area contributed by atoms with Crippen LogP contribution in [0.5, 0.6) is 5.75 Å². The van der Waals surface area contributed by atoms with Gasteiger partial charge in [0, 0.05) is 21.8 Å². The molecule has 0 fully saturated rings. The molecule has 0 unspecified atom stereocenters. The number of aromatic nitrogens is 2. The van der Waals surface area contributed by atoms with E-state index in [0.717, 1.165) is 32.6 Å². The second-order valence-corrected chi connectivity index (χ2v) is 5.12. The minimum atomic E-state index is 0.637. The van der Waals surface area contributed by atoms with Crippen LogP contribution in [-0.4, -0.2) is 17.1 Å². The summed E-state index contributed by atoms with van der Waals surface area (Å²) in [6, 6.07) is 11.5. The summed E-state index contributed by atoms with van der Waals surface area (Å²) >= 11 is 3.44. The molecule has 5 heteroatoms. The molecule has 0 atom stereocenters. The summed E-state index contributed by atoms with van der Waals surface area (Å²) in [4.78, 5) is 7.81. The van der Waals surface area contributed by atoms with Crippen molar-refractivity contribution in [3.8, 4) is 17.1 Å². The van der Waals surface area contributed by atoms with Crippen LogP contribution in [-0.2, 0) is 0 Å². The van der Waals surface area contributed by atoms with Gasteiger partial charge < -0.3 is 15.5 Å². The number of anilines is 1. The number of fused-ring (bicyclic) bond motifs is 1. The zero-order valence-corrected chi connectivity index (χ0v) is 11.9. The lowest BCUT2D eigenvalue weighted by molar-refractivity contribution is 0.415. The Balaban J connectivity index is 2.13. The molecule has 0 saturated heterocycles. The predicted octanol–water partition coefficient (Wildman–Crippen LogP) is 3.58. The highest BCUT2D eigenvalue weighted by Gasteiger charge is 2.09. The summed E-state index contributed by atoms with van der Waals surface area (Å²) in [5, 5.41) is 0. The van der Waals surface area contributed by atoms with E-state index >= 15 is 0 Å². The summed E-state index contributed by atoms with van der Waals surface area (Å²) in [5.41, 5.74) is 9.42. The molecule has 96 valence electrons. The van der Waals surface area contributed by atoms with Crippen molar-refractivity contribution in [3.05, 3.63) is 40.9 Å². The zero-order chi connectivity index (χ0) is 13.4. The van der Waals surface area contributed by atoms with Crippen LogP contribution in [0, 0.1) is 0 Å². The number of nitrogens with two attached hydrogens (primary N) is 1. The second kappa shape index (κ2) is 4.59. The number of imidazole rings is 1. The molecule has 3 aromatic rings. The Bertz CT molecular complexity index is 752. The van der Waals surface area contributed by atoms with E-state index in [-0.39, 0.29) is 0 Å². The molecule has 1 aromatic heterocycles. The Labute approximate surface area is 118 Å². The van der Waals surface area contributed by atoms with Crippen molar-refractivity contribution in [2.24, 2.45) is 0 Å². The van der Waals surface area contributed by atoms with Crippen LogP contribution in [0.4, 0.5) is 5.69 Å². The highest BCUT2D eigenvalue weighted by atomic mass is 79.9. The summed E-state index contributed by atoms with van der Waals surface area (Å²) in [6.45, 7) is 0. The van der Waals surface area contributed by atoms with Crippen LogP contribution in [0.15, 0.2) is 40.9 Å². The normalized spacial score (nSPS) is 10.8. The number of halogens is 1. The Morgan fingerprint density at radius 2 is 2.05 bits per heavy atom. The Hall–Kier alpha value is -2.01. The molecular formula is C14H12BrN3O. The molecule has 3 N–H and O–H groups in total. The van der Waals surface area contributed by atoms with Crippen molar-refractivity contribution in [2.75, 3.05) is 12.8 Å². The van der Waals surface area contributed by atoms with Crippen molar-refractivity contribution >= 4 is 32.7 Å². The van der Waals surface area contributed by atoms with E-state index in [0.29, 0.717) is 5.69 Å². The van der Waals surface area contributed by atoms with E-state index < -0.39 is 0 Å². The summed E-state index contributed by atoms with van der Waals surface area (Å²) in [6.07, 6.45) is 0. The fourth-order valence-electron chi connectivity index (χ4n) is 1.99. The molecule has 0 aliphatic carbocycles. The molecule has 0 aliphatic rings. The highest BCUT2D eigenvalue weighted by molar-refractivity contribution is 9.10. The van der Waals surface area contributed by atoms with Crippen LogP contribution in [0.25, 0.3) is 22.4 Å². The van der Waals surface area contributed by atoms with Gasteiger partial charge in [0.05, 0.1) is 18.1 Å². The van der Waals surface area contributed by atoms with E-state index in [1.165, 1.54) is 0 Å². The number of hydrogen-bond acceptors (Lipinski definition) is 3. The molecule has 3 rings (SSSR count).